The summed E-state index contributed by atoms with van der Waals surface area (Å²) in [5.41, 5.74) is 1.84. The van der Waals surface area contributed by atoms with Crippen LogP contribution in [0.5, 0.6) is 0 Å². The van der Waals surface area contributed by atoms with Gasteiger partial charge in [0, 0.05) is 0 Å². The number of alkyl halides is 1. The van der Waals surface area contributed by atoms with Crippen LogP contribution < -0.4 is 5.56 Å². The third-order valence-corrected chi connectivity index (χ3v) is 4.66. The largest absolute Gasteiger partial charge is 0.319 e. The molecular formula is C19H27ClN2O. The number of fused-ring (bicyclic) bond motifs is 1. The summed E-state index contributed by atoms with van der Waals surface area (Å²) >= 11 is 6.41. The van der Waals surface area contributed by atoms with Gasteiger partial charge in [0.2, 0.25) is 0 Å². The molecule has 1 atom stereocenters. The summed E-state index contributed by atoms with van der Waals surface area (Å²) in [4.78, 5) is 19.4. The first kappa shape index (κ1) is 18.0. The van der Waals surface area contributed by atoms with E-state index in [2.05, 4.69) is 16.9 Å². The van der Waals surface area contributed by atoms with Crippen molar-refractivity contribution >= 4 is 22.6 Å². The molecule has 0 fully saturated rings. The Morgan fingerprint density at radius 2 is 1.70 bits per heavy atom. The molecule has 4 heteroatoms. The standard InChI is InChI=1S/C19H27ClN2O/c1-2-3-4-5-6-7-8-9-12-15(20)18-19(23)22-17-14-11-10-13-16(17)21-18/h10-11,13-15H,2-9,12H2,1H3,(H,22,23). The molecule has 0 amide bonds. The summed E-state index contributed by atoms with van der Waals surface area (Å²) in [5, 5.41) is -0.302. The minimum Gasteiger partial charge on any atom is -0.319 e. The number of nitrogens with zero attached hydrogens (tertiary/aromatic N) is 1. The van der Waals surface area contributed by atoms with Crippen molar-refractivity contribution < 1.29 is 0 Å². The van der Waals surface area contributed by atoms with Crippen LogP contribution in [-0.4, -0.2) is 9.97 Å². The van der Waals surface area contributed by atoms with Crippen LogP contribution >= 0.6 is 11.6 Å². The first-order valence-corrected chi connectivity index (χ1v) is 9.29. The van der Waals surface area contributed by atoms with Gasteiger partial charge in [0.25, 0.3) is 5.56 Å². The van der Waals surface area contributed by atoms with Crippen molar-refractivity contribution in [1.82, 2.24) is 9.97 Å². The second-order valence-corrected chi connectivity index (χ2v) is 6.73. The predicted octanol–water partition coefficient (Wildman–Crippen LogP) is 5.73. The van der Waals surface area contributed by atoms with Crippen LogP contribution in [0.15, 0.2) is 29.1 Å². The molecule has 0 radical (unpaired) electrons. The van der Waals surface area contributed by atoms with E-state index in [9.17, 15) is 4.79 Å². The first-order valence-electron chi connectivity index (χ1n) is 8.85. The number of unbranched alkanes of at least 4 members (excludes halogenated alkanes) is 7. The SMILES string of the molecule is CCCCCCCCCCC(Cl)c1nc2ccccc2[nH]c1=O. The fourth-order valence-corrected chi connectivity index (χ4v) is 3.15. The molecule has 2 aromatic rings. The van der Waals surface area contributed by atoms with Crippen molar-refractivity contribution in [3.05, 3.63) is 40.3 Å². The maximum Gasteiger partial charge on any atom is 0.271 e. The molecule has 1 N–H and O–H groups in total. The van der Waals surface area contributed by atoms with Gasteiger partial charge in [-0.25, -0.2) is 4.98 Å². The van der Waals surface area contributed by atoms with Crippen molar-refractivity contribution in [2.24, 2.45) is 0 Å². The summed E-state index contributed by atoms with van der Waals surface area (Å²) in [6, 6.07) is 7.56. The first-order chi connectivity index (χ1) is 11.2. The highest BCUT2D eigenvalue weighted by Gasteiger charge is 2.14. The van der Waals surface area contributed by atoms with E-state index in [-0.39, 0.29) is 10.9 Å². The van der Waals surface area contributed by atoms with Gasteiger partial charge in [-0.2, -0.15) is 0 Å². The number of nitrogens with one attached hydrogen (secondary N) is 1. The maximum atomic E-state index is 12.1. The molecule has 126 valence electrons. The van der Waals surface area contributed by atoms with Crippen LogP contribution in [0.1, 0.15) is 75.8 Å². The van der Waals surface area contributed by atoms with Crippen LogP contribution in [0.25, 0.3) is 11.0 Å². The molecule has 0 aliphatic carbocycles. The Hall–Kier alpha value is -1.35. The van der Waals surface area contributed by atoms with Gasteiger partial charge in [-0.3, -0.25) is 4.79 Å². The van der Waals surface area contributed by atoms with E-state index in [4.69, 9.17) is 11.6 Å². The van der Waals surface area contributed by atoms with Gasteiger partial charge in [0.05, 0.1) is 16.4 Å². The van der Waals surface area contributed by atoms with Crippen LogP contribution in [0.2, 0.25) is 0 Å². The highest BCUT2D eigenvalue weighted by atomic mass is 35.5. The van der Waals surface area contributed by atoms with Crippen molar-refractivity contribution in [1.29, 1.82) is 0 Å². The second kappa shape index (κ2) is 9.71. The Labute approximate surface area is 143 Å². The third-order valence-electron chi connectivity index (χ3n) is 4.23. The number of H-pyrrole nitrogens is 1. The second-order valence-electron chi connectivity index (χ2n) is 6.20. The minimum atomic E-state index is -0.302. The summed E-state index contributed by atoms with van der Waals surface area (Å²) in [6.07, 6.45) is 10.9. The number of benzene rings is 1. The average Bonchev–Trinajstić information content (AvgIpc) is 2.56. The smallest absolute Gasteiger partial charge is 0.271 e. The number of rotatable bonds is 10. The molecule has 0 bridgehead atoms. The molecule has 23 heavy (non-hydrogen) atoms. The fraction of sp³-hybridized carbons (Fsp3) is 0.579. The number of aromatic nitrogens is 2. The summed E-state index contributed by atoms with van der Waals surface area (Å²) in [5.74, 6) is 0. The van der Waals surface area contributed by atoms with Crippen molar-refractivity contribution in [3.8, 4) is 0 Å². The molecule has 1 aromatic heterocycles. The van der Waals surface area contributed by atoms with E-state index < -0.39 is 0 Å². The molecule has 1 heterocycles. The number of aromatic amines is 1. The molecule has 0 aliphatic rings. The number of hydrogen-bond donors (Lipinski definition) is 1. The average molecular weight is 335 g/mol. The highest BCUT2D eigenvalue weighted by Crippen LogP contribution is 2.24. The van der Waals surface area contributed by atoms with Crippen LogP contribution in [-0.2, 0) is 0 Å². The van der Waals surface area contributed by atoms with Crippen molar-refractivity contribution in [2.75, 3.05) is 0 Å². The number of halogens is 1. The zero-order valence-electron chi connectivity index (χ0n) is 14.0. The van der Waals surface area contributed by atoms with Crippen LogP contribution in [0.4, 0.5) is 0 Å². The summed E-state index contributed by atoms with van der Waals surface area (Å²) in [6.45, 7) is 2.24. The number of para-hydroxylation sites is 2. The van der Waals surface area contributed by atoms with Gasteiger partial charge < -0.3 is 4.98 Å². The van der Waals surface area contributed by atoms with E-state index in [1.54, 1.807) is 0 Å². The van der Waals surface area contributed by atoms with Gasteiger partial charge in [0.15, 0.2) is 0 Å². The lowest BCUT2D eigenvalue weighted by atomic mass is 10.1. The lowest BCUT2D eigenvalue weighted by Gasteiger charge is -2.09. The third kappa shape index (κ3) is 5.65. The Balaban J connectivity index is 1.78. The zero-order chi connectivity index (χ0) is 16.5. The van der Waals surface area contributed by atoms with Crippen LogP contribution in [0.3, 0.4) is 0 Å². The Morgan fingerprint density at radius 1 is 1.04 bits per heavy atom. The predicted molar refractivity (Wildman–Crippen MR) is 98.2 cm³/mol. The Morgan fingerprint density at radius 3 is 2.43 bits per heavy atom. The van der Waals surface area contributed by atoms with Gasteiger partial charge >= 0.3 is 0 Å². The van der Waals surface area contributed by atoms with Crippen molar-refractivity contribution in [3.63, 3.8) is 0 Å². The molecule has 1 aromatic carbocycles. The summed E-state index contributed by atoms with van der Waals surface area (Å²) in [7, 11) is 0. The molecule has 0 aliphatic heterocycles. The molecule has 2 rings (SSSR count). The summed E-state index contributed by atoms with van der Waals surface area (Å²) < 4.78 is 0. The number of hydrogen-bond acceptors (Lipinski definition) is 2. The lowest BCUT2D eigenvalue weighted by molar-refractivity contribution is 0.560. The van der Waals surface area contributed by atoms with Gasteiger partial charge in [-0.15, -0.1) is 11.6 Å². The molecule has 0 saturated carbocycles. The van der Waals surface area contributed by atoms with E-state index in [1.807, 2.05) is 24.3 Å². The molecular weight excluding hydrogens is 308 g/mol. The maximum absolute atomic E-state index is 12.1. The van der Waals surface area contributed by atoms with E-state index in [1.165, 1.54) is 44.9 Å². The zero-order valence-corrected chi connectivity index (χ0v) is 14.7. The Kier molecular flexibility index (Phi) is 7.60. The molecule has 0 spiro atoms. The van der Waals surface area contributed by atoms with Crippen molar-refractivity contribution in [2.45, 2.75) is 70.1 Å². The van der Waals surface area contributed by atoms with E-state index >= 15 is 0 Å². The van der Waals surface area contributed by atoms with Gasteiger partial charge in [-0.1, -0.05) is 70.4 Å². The monoisotopic (exact) mass is 334 g/mol. The lowest BCUT2D eigenvalue weighted by Crippen LogP contribution is -2.16. The highest BCUT2D eigenvalue weighted by molar-refractivity contribution is 6.20. The minimum absolute atomic E-state index is 0.164. The normalized spacial score (nSPS) is 12.6. The fourth-order valence-electron chi connectivity index (χ4n) is 2.85. The van der Waals surface area contributed by atoms with E-state index in [0.717, 1.165) is 23.9 Å². The van der Waals surface area contributed by atoms with Gasteiger partial charge in [0.1, 0.15) is 5.69 Å². The topological polar surface area (TPSA) is 45.8 Å². The van der Waals surface area contributed by atoms with E-state index in [0.29, 0.717) is 5.69 Å². The molecule has 0 saturated heterocycles. The Bertz CT molecular complexity index is 653. The quantitative estimate of drug-likeness (QED) is 0.445. The van der Waals surface area contributed by atoms with Gasteiger partial charge in [-0.05, 0) is 18.6 Å². The molecule has 3 nitrogen and oxygen atoms in total. The van der Waals surface area contributed by atoms with Crippen LogP contribution in [0, 0.1) is 0 Å². The molecule has 1 unspecified atom stereocenters.